The summed E-state index contributed by atoms with van der Waals surface area (Å²) in [6.45, 7) is 5.62. The van der Waals surface area contributed by atoms with Crippen molar-refractivity contribution >= 4 is 18.3 Å². The number of halogens is 1. The first kappa shape index (κ1) is 14.7. The second-order valence-electron chi connectivity index (χ2n) is 4.87. The number of primary amides is 1. The molecule has 0 aliphatic carbocycles. The van der Waals surface area contributed by atoms with E-state index in [2.05, 4.69) is 4.90 Å². The molecule has 0 saturated carbocycles. The van der Waals surface area contributed by atoms with Crippen LogP contribution in [0.5, 0.6) is 0 Å². The summed E-state index contributed by atoms with van der Waals surface area (Å²) in [6.07, 6.45) is 3.11. The molecule has 1 heterocycles. The van der Waals surface area contributed by atoms with Gasteiger partial charge < -0.3 is 11.5 Å². The minimum Gasteiger partial charge on any atom is -0.368 e. The van der Waals surface area contributed by atoms with Gasteiger partial charge >= 0.3 is 0 Å². The smallest absolute Gasteiger partial charge is 0.234 e. The van der Waals surface area contributed by atoms with Crippen molar-refractivity contribution in [3.05, 3.63) is 0 Å². The molecule has 1 saturated heterocycles. The maximum atomic E-state index is 11.2. The number of hydrogen-bond donors (Lipinski definition) is 2. The van der Waals surface area contributed by atoms with Crippen LogP contribution in [0.15, 0.2) is 0 Å². The van der Waals surface area contributed by atoms with E-state index in [0.29, 0.717) is 0 Å². The first-order chi connectivity index (χ1) is 6.40. The Morgan fingerprint density at radius 3 is 2.53 bits per heavy atom. The average molecular weight is 236 g/mol. The molecule has 0 radical (unpaired) electrons. The van der Waals surface area contributed by atoms with Crippen LogP contribution in [0.25, 0.3) is 0 Å². The Morgan fingerprint density at radius 2 is 2.07 bits per heavy atom. The molecule has 1 atom stereocenters. The molecular weight excluding hydrogens is 214 g/mol. The molecular formula is C10H22ClN3O. The molecule has 0 aromatic heterocycles. The van der Waals surface area contributed by atoms with Gasteiger partial charge in [0.2, 0.25) is 5.91 Å². The van der Waals surface area contributed by atoms with Gasteiger partial charge in [0.15, 0.2) is 0 Å². The summed E-state index contributed by atoms with van der Waals surface area (Å²) in [6, 6.07) is -0.105. The Balaban J connectivity index is 0.00000196. The molecule has 0 aromatic rings. The lowest BCUT2D eigenvalue weighted by molar-refractivity contribution is -0.124. The van der Waals surface area contributed by atoms with Crippen molar-refractivity contribution in [2.75, 3.05) is 13.1 Å². The standard InChI is InChI=1S/C10H21N3O.ClH/c1-10(2,12)7-13-6-4-3-5-8(13)9(11)14;/h8H,3-7,12H2,1-2H3,(H2,11,14);1H. The minimum atomic E-state index is -0.259. The Hall–Kier alpha value is -0.320. The van der Waals surface area contributed by atoms with Gasteiger partial charge in [-0.25, -0.2) is 0 Å². The highest BCUT2D eigenvalue weighted by Gasteiger charge is 2.29. The summed E-state index contributed by atoms with van der Waals surface area (Å²) in [5, 5.41) is 0. The van der Waals surface area contributed by atoms with Crippen LogP contribution in [0.1, 0.15) is 33.1 Å². The molecule has 1 aliphatic heterocycles. The van der Waals surface area contributed by atoms with Gasteiger partial charge in [-0.05, 0) is 33.2 Å². The number of nitrogens with zero attached hydrogens (tertiary/aromatic N) is 1. The molecule has 4 N–H and O–H groups in total. The number of piperidine rings is 1. The molecule has 1 rings (SSSR count). The van der Waals surface area contributed by atoms with Gasteiger partial charge in [0.1, 0.15) is 0 Å². The van der Waals surface area contributed by atoms with Gasteiger partial charge in [0, 0.05) is 12.1 Å². The molecule has 5 heteroatoms. The van der Waals surface area contributed by atoms with Crippen LogP contribution in [-0.4, -0.2) is 35.5 Å². The van der Waals surface area contributed by atoms with Crippen LogP contribution in [-0.2, 0) is 4.79 Å². The molecule has 15 heavy (non-hydrogen) atoms. The zero-order chi connectivity index (χ0) is 10.8. The zero-order valence-corrected chi connectivity index (χ0v) is 10.3. The summed E-state index contributed by atoms with van der Waals surface area (Å²) in [4.78, 5) is 13.3. The molecule has 1 unspecified atom stereocenters. The van der Waals surface area contributed by atoms with Crippen molar-refractivity contribution in [1.29, 1.82) is 0 Å². The van der Waals surface area contributed by atoms with Crippen molar-refractivity contribution in [2.24, 2.45) is 11.5 Å². The second kappa shape index (κ2) is 5.68. The maximum absolute atomic E-state index is 11.2. The molecule has 0 aromatic carbocycles. The van der Waals surface area contributed by atoms with Gasteiger partial charge in [-0.3, -0.25) is 9.69 Å². The number of carbonyl (C=O) groups excluding carboxylic acids is 1. The monoisotopic (exact) mass is 235 g/mol. The van der Waals surface area contributed by atoms with Gasteiger partial charge in [0.25, 0.3) is 0 Å². The Morgan fingerprint density at radius 1 is 1.47 bits per heavy atom. The molecule has 1 fully saturated rings. The molecule has 0 bridgehead atoms. The predicted molar refractivity (Wildman–Crippen MR) is 63.9 cm³/mol. The van der Waals surface area contributed by atoms with Gasteiger partial charge in [-0.1, -0.05) is 6.42 Å². The summed E-state index contributed by atoms with van der Waals surface area (Å²) in [5.41, 5.74) is 11.0. The molecule has 90 valence electrons. The fraction of sp³-hybridized carbons (Fsp3) is 0.900. The highest BCUT2D eigenvalue weighted by atomic mass is 35.5. The largest absolute Gasteiger partial charge is 0.368 e. The SMILES string of the molecule is CC(C)(N)CN1CCCCC1C(N)=O.Cl. The van der Waals surface area contributed by atoms with Gasteiger partial charge in [-0.2, -0.15) is 0 Å². The van der Waals surface area contributed by atoms with Crippen molar-refractivity contribution in [3.8, 4) is 0 Å². The number of hydrogen-bond acceptors (Lipinski definition) is 3. The Bertz CT molecular complexity index is 215. The Labute approximate surface area is 97.8 Å². The fourth-order valence-corrected chi connectivity index (χ4v) is 2.03. The fourth-order valence-electron chi connectivity index (χ4n) is 2.03. The van der Waals surface area contributed by atoms with Crippen LogP contribution in [0.2, 0.25) is 0 Å². The lowest BCUT2D eigenvalue weighted by Crippen LogP contribution is -2.54. The quantitative estimate of drug-likeness (QED) is 0.748. The number of amides is 1. The Kier molecular flexibility index (Phi) is 5.56. The number of rotatable bonds is 3. The van der Waals surface area contributed by atoms with E-state index in [1.165, 1.54) is 0 Å². The molecule has 1 aliphatic rings. The molecule has 1 amide bonds. The van der Waals surface area contributed by atoms with Crippen LogP contribution in [0, 0.1) is 0 Å². The minimum absolute atomic E-state index is 0. The van der Waals surface area contributed by atoms with Gasteiger partial charge in [-0.15, -0.1) is 12.4 Å². The van der Waals surface area contributed by atoms with Crippen LogP contribution < -0.4 is 11.5 Å². The van der Waals surface area contributed by atoms with E-state index >= 15 is 0 Å². The predicted octanol–water partition coefficient (Wildman–Crippen LogP) is 0.485. The van der Waals surface area contributed by atoms with Crippen molar-refractivity contribution in [1.82, 2.24) is 4.90 Å². The topological polar surface area (TPSA) is 72.3 Å². The summed E-state index contributed by atoms with van der Waals surface area (Å²) >= 11 is 0. The van der Waals surface area contributed by atoms with E-state index in [9.17, 15) is 4.79 Å². The third-order valence-corrected chi connectivity index (χ3v) is 2.55. The lowest BCUT2D eigenvalue weighted by Gasteiger charge is -2.37. The maximum Gasteiger partial charge on any atom is 0.234 e. The van der Waals surface area contributed by atoms with E-state index in [1.54, 1.807) is 0 Å². The third-order valence-electron chi connectivity index (χ3n) is 2.55. The zero-order valence-electron chi connectivity index (χ0n) is 9.53. The average Bonchev–Trinajstić information content (AvgIpc) is 2.01. The highest BCUT2D eigenvalue weighted by Crippen LogP contribution is 2.18. The number of nitrogens with two attached hydrogens (primary N) is 2. The molecule has 0 spiro atoms. The summed E-state index contributed by atoms with van der Waals surface area (Å²) < 4.78 is 0. The first-order valence-corrected chi connectivity index (χ1v) is 5.22. The summed E-state index contributed by atoms with van der Waals surface area (Å²) in [5.74, 6) is -0.214. The van der Waals surface area contributed by atoms with E-state index in [0.717, 1.165) is 32.4 Å². The lowest BCUT2D eigenvalue weighted by atomic mass is 9.98. The van der Waals surface area contributed by atoms with E-state index < -0.39 is 0 Å². The third kappa shape index (κ3) is 4.82. The van der Waals surface area contributed by atoms with E-state index in [-0.39, 0.29) is 29.9 Å². The van der Waals surface area contributed by atoms with Crippen molar-refractivity contribution in [3.63, 3.8) is 0 Å². The summed E-state index contributed by atoms with van der Waals surface area (Å²) in [7, 11) is 0. The number of carbonyl (C=O) groups is 1. The van der Waals surface area contributed by atoms with Crippen LogP contribution in [0.4, 0.5) is 0 Å². The van der Waals surface area contributed by atoms with E-state index in [1.807, 2.05) is 13.8 Å². The normalized spacial score (nSPS) is 23.3. The molecule has 4 nitrogen and oxygen atoms in total. The van der Waals surface area contributed by atoms with E-state index in [4.69, 9.17) is 11.5 Å². The van der Waals surface area contributed by atoms with Crippen molar-refractivity contribution < 1.29 is 4.79 Å². The number of likely N-dealkylation sites (tertiary alicyclic amines) is 1. The second-order valence-corrected chi connectivity index (χ2v) is 4.87. The van der Waals surface area contributed by atoms with Crippen LogP contribution >= 0.6 is 12.4 Å². The highest BCUT2D eigenvalue weighted by molar-refractivity contribution is 5.85. The van der Waals surface area contributed by atoms with Crippen molar-refractivity contribution in [2.45, 2.75) is 44.7 Å². The van der Waals surface area contributed by atoms with Gasteiger partial charge in [0.05, 0.1) is 6.04 Å². The first-order valence-electron chi connectivity index (χ1n) is 5.22. The van der Waals surface area contributed by atoms with Crippen LogP contribution in [0.3, 0.4) is 0 Å².